The van der Waals surface area contributed by atoms with Gasteiger partial charge in [-0.2, -0.15) is 0 Å². The van der Waals surface area contributed by atoms with E-state index in [4.69, 9.17) is 22.1 Å². The number of nitrogens with two attached hydrogens (primary N) is 1. The third-order valence-corrected chi connectivity index (χ3v) is 3.80. The lowest BCUT2D eigenvalue weighted by Gasteiger charge is -2.07. The van der Waals surface area contributed by atoms with Gasteiger partial charge in [0.25, 0.3) is 0 Å². The number of ether oxygens (including phenoxy) is 1. The number of aryl methyl sites for hydroxylation is 1. The van der Waals surface area contributed by atoms with Crippen LogP contribution in [0.1, 0.15) is 17.5 Å². The van der Waals surface area contributed by atoms with E-state index < -0.39 is 0 Å². The molecule has 0 saturated heterocycles. The first-order valence-electron chi connectivity index (χ1n) is 8.10. The standard InChI is InChI=1S/C19H23ClN2O2/c20-17-7-3-15(4-8-17)2-1-12-22-19(23)14-16-5-9-18(10-6-16)24-13-11-21/h3-10H,1-2,11-14,21H2,(H,22,23). The average Bonchev–Trinajstić information content (AvgIpc) is 2.60. The monoisotopic (exact) mass is 346 g/mol. The lowest BCUT2D eigenvalue weighted by atomic mass is 10.1. The second-order valence-corrected chi connectivity index (χ2v) is 5.97. The van der Waals surface area contributed by atoms with Crippen molar-refractivity contribution in [3.05, 3.63) is 64.7 Å². The van der Waals surface area contributed by atoms with Crippen LogP contribution in [0.3, 0.4) is 0 Å². The Morgan fingerprint density at radius 1 is 1.04 bits per heavy atom. The first kappa shape index (κ1) is 18.3. The van der Waals surface area contributed by atoms with E-state index in [0.29, 0.717) is 26.1 Å². The van der Waals surface area contributed by atoms with Crippen molar-refractivity contribution < 1.29 is 9.53 Å². The maximum Gasteiger partial charge on any atom is 0.224 e. The summed E-state index contributed by atoms with van der Waals surface area (Å²) < 4.78 is 5.41. The van der Waals surface area contributed by atoms with Crippen molar-refractivity contribution in [2.75, 3.05) is 19.7 Å². The Morgan fingerprint density at radius 3 is 2.38 bits per heavy atom. The van der Waals surface area contributed by atoms with Crippen molar-refractivity contribution in [2.45, 2.75) is 19.3 Å². The van der Waals surface area contributed by atoms with E-state index in [1.807, 2.05) is 48.5 Å². The third kappa shape index (κ3) is 6.60. The van der Waals surface area contributed by atoms with Crippen LogP contribution in [0, 0.1) is 0 Å². The maximum absolute atomic E-state index is 11.9. The minimum absolute atomic E-state index is 0.0294. The molecule has 0 aromatic heterocycles. The van der Waals surface area contributed by atoms with Crippen LogP contribution in [0.25, 0.3) is 0 Å². The molecule has 0 saturated carbocycles. The zero-order valence-electron chi connectivity index (χ0n) is 13.6. The minimum Gasteiger partial charge on any atom is -0.492 e. The molecule has 2 aromatic carbocycles. The van der Waals surface area contributed by atoms with Crippen LogP contribution >= 0.6 is 11.6 Å². The molecule has 5 heteroatoms. The largest absolute Gasteiger partial charge is 0.492 e. The van der Waals surface area contributed by atoms with E-state index in [1.54, 1.807) is 0 Å². The Kier molecular flexibility index (Phi) is 7.59. The summed E-state index contributed by atoms with van der Waals surface area (Å²) in [4.78, 5) is 11.9. The van der Waals surface area contributed by atoms with Crippen LogP contribution in [0.15, 0.2) is 48.5 Å². The van der Waals surface area contributed by atoms with Crippen LogP contribution in [-0.2, 0) is 17.6 Å². The summed E-state index contributed by atoms with van der Waals surface area (Å²) in [5.41, 5.74) is 7.58. The molecule has 24 heavy (non-hydrogen) atoms. The Balaban J connectivity index is 1.66. The predicted octanol–water partition coefficient (Wildman–Crippen LogP) is 2.97. The number of amides is 1. The van der Waals surface area contributed by atoms with Gasteiger partial charge in [-0.3, -0.25) is 4.79 Å². The van der Waals surface area contributed by atoms with Gasteiger partial charge >= 0.3 is 0 Å². The minimum atomic E-state index is 0.0294. The number of nitrogens with one attached hydrogen (secondary N) is 1. The average molecular weight is 347 g/mol. The van der Waals surface area contributed by atoms with Crippen LogP contribution < -0.4 is 15.8 Å². The van der Waals surface area contributed by atoms with E-state index in [9.17, 15) is 4.79 Å². The Bertz CT molecular complexity index is 627. The van der Waals surface area contributed by atoms with Gasteiger partial charge in [-0.1, -0.05) is 35.9 Å². The van der Waals surface area contributed by atoms with Crippen molar-refractivity contribution in [2.24, 2.45) is 5.73 Å². The van der Waals surface area contributed by atoms with Crippen LogP contribution in [0.2, 0.25) is 5.02 Å². The summed E-state index contributed by atoms with van der Waals surface area (Å²) in [6.07, 6.45) is 2.20. The fourth-order valence-corrected chi connectivity index (χ4v) is 2.43. The Labute approximate surface area is 148 Å². The molecular formula is C19H23ClN2O2. The first-order chi connectivity index (χ1) is 11.7. The number of hydrogen-bond donors (Lipinski definition) is 2. The van der Waals surface area contributed by atoms with Crippen molar-refractivity contribution in [1.82, 2.24) is 5.32 Å². The van der Waals surface area contributed by atoms with E-state index in [1.165, 1.54) is 5.56 Å². The van der Waals surface area contributed by atoms with Gasteiger partial charge in [0, 0.05) is 18.1 Å². The lowest BCUT2D eigenvalue weighted by molar-refractivity contribution is -0.120. The van der Waals surface area contributed by atoms with E-state index in [2.05, 4.69) is 5.32 Å². The number of carbonyl (C=O) groups is 1. The molecule has 128 valence electrons. The third-order valence-electron chi connectivity index (χ3n) is 3.55. The van der Waals surface area contributed by atoms with Gasteiger partial charge in [-0.25, -0.2) is 0 Å². The summed E-state index contributed by atoms with van der Waals surface area (Å²) in [6, 6.07) is 15.3. The van der Waals surface area contributed by atoms with Gasteiger partial charge in [-0.05, 0) is 48.2 Å². The highest BCUT2D eigenvalue weighted by Crippen LogP contribution is 2.13. The van der Waals surface area contributed by atoms with Gasteiger partial charge in [-0.15, -0.1) is 0 Å². The molecule has 0 bridgehead atoms. The molecule has 0 aliphatic carbocycles. The van der Waals surface area contributed by atoms with Crippen molar-refractivity contribution in [1.29, 1.82) is 0 Å². The maximum atomic E-state index is 11.9. The number of halogens is 1. The van der Waals surface area contributed by atoms with Crippen molar-refractivity contribution >= 4 is 17.5 Å². The van der Waals surface area contributed by atoms with Gasteiger partial charge in [0.1, 0.15) is 12.4 Å². The fourth-order valence-electron chi connectivity index (χ4n) is 2.30. The quantitative estimate of drug-likeness (QED) is 0.686. The smallest absolute Gasteiger partial charge is 0.224 e. The number of benzene rings is 2. The molecule has 1 amide bonds. The SMILES string of the molecule is NCCOc1ccc(CC(=O)NCCCc2ccc(Cl)cc2)cc1. The summed E-state index contributed by atoms with van der Waals surface area (Å²) >= 11 is 5.86. The Hall–Kier alpha value is -2.04. The number of hydrogen-bond acceptors (Lipinski definition) is 3. The molecule has 4 nitrogen and oxygen atoms in total. The molecule has 3 N–H and O–H groups in total. The second kappa shape index (κ2) is 9.96. The molecule has 2 rings (SSSR count). The fraction of sp³-hybridized carbons (Fsp3) is 0.316. The van der Waals surface area contributed by atoms with Crippen LogP contribution in [-0.4, -0.2) is 25.6 Å². The number of carbonyl (C=O) groups excluding carboxylic acids is 1. The van der Waals surface area contributed by atoms with Gasteiger partial charge in [0.15, 0.2) is 0 Å². The summed E-state index contributed by atoms with van der Waals surface area (Å²) in [6.45, 7) is 1.65. The zero-order valence-corrected chi connectivity index (χ0v) is 14.4. The molecule has 0 spiro atoms. The molecule has 0 heterocycles. The molecule has 0 aliphatic heterocycles. The van der Waals surface area contributed by atoms with Crippen molar-refractivity contribution in [3.63, 3.8) is 0 Å². The van der Waals surface area contributed by atoms with Gasteiger partial charge < -0.3 is 15.8 Å². The van der Waals surface area contributed by atoms with Gasteiger partial charge in [0.05, 0.1) is 6.42 Å². The summed E-state index contributed by atoms with van der Waals surface area (Å²) in [5, 5.41) is 3.69. The molecular weight excluding hydrogens is 324 g/mol. The van der Waals surface area contributed by atoms with E-state index >= 15 is 0 Å². The lowest BCUT2D eigenvalue weighted by Crippen LogP contribution is -2.26. The Morgan fingerprint density at radius 2 is 1.71 bits per heavy atom. The van der Waals surface area contributed by atoms with Crippen molar-refractivity contribution in [3.8, 4) is 5.75 Å². The van der Waals surface area contributed by atoms with E-state index in [0.717, 1.165) is 29.2 Å². The first-order valence-corrected chi connectivity index (χ1v) is 8.48. The predicted molar refractivity (Wildman–Crippen MR) is 97.5 cm³/mol. The molecule has 0 unspecified atom stereocenters. The molecule has 0 radical (unpaired) electrons. The second-order valence-electron chi connectivity index (χ2n) is 5.54. The molecule has 0 fully saturated rings. The van der Waals surface area contributed by atoms with Crippen LogP contribution in [0.4, 0.5) is 0 Å². The highest BCUT2D eigenvalue weighted by molar-refractivity contribution is 6.30. The topological polar surface area (TPSA) is 64.3 Å². The molecule has 0 aliphatic rings. The van der Waals surface area contributed by atoms with E-state index in [-0.39, 0.29) is 5.91 Å². The van der Waals surface area contributed by atoms with Gasteiger partial charge in [0.2, 0.25) is 5.91 Å². The highest BCUT2D eigenvalue weighted by Gasteiger charge is 2.03. The zero-order chi connectivity index (χ0) is 17.2. The molecule has 0 atom stereocenters. The normalized spacial score (nSPS) is 10.4. The summed E-state index contributed by atoms with van der Waals surface area (Å²) in [7, 11) is 0. The number of rotatable bonds is 9. The van der Waals surface area contributed by atoms with Crippen LogP contribution in [0.5, 0.6) is 5.75 Å². The highest BCUT2D eigenvalue weighted by atomic mass is 35.5. The summed E-state index contributed by atoms with van der Waals surface area (Å²) in [5.74, 6) is 0.800. The molecule has 2 aromatic rings.